The number of oxime groups is 1. The molecule has 0 radical (unpaired) electrons. The molecule has 0 bridgehead atoms. The van der Waals surface area contributed by atoms with Gasteiger partial charge in [-0.25, -0.2) is 9.67 Å². The van der Waals surface area contributed by atoms with Crippen molar-refractivity contribution in [2.24, 2.45) is 10.9 Å². The number of pyridine rings is 1. The monoisotopic (exact) mass is 277 g/mol. The molecule has 0 aromatic carbocycles. The predicted molar refractivity (Wildman–Crippen MR) is 67.0 cm³/mol. The first-order chi connectivity index (χ1) is 9.28. The summed E-state index contributed by atoms with van der Waals surface area (Å²) in [5, 5.41) is 24.6. The minimum atomic E-state index is 0.0473. The topological polar surface area (TPSA) is 115 Å². The van der Waals surface area contributed by atoms with Gasteiger partial charge in [0.15, 0.2) is 5.84 Å². The lowest BCUT2D eigenvalue weighted by molar-refractivity contribution is 0.318. The minimum Gasteiger partial charge on any atom is -0.409 e. The largest absolute Gasteiger partial charge is 0.409 e. The molecule has 9 heteroatoms. The van der Waals surface area contributed by atoms with E-state index in [-0.39, 0.29) is 5.84 Å². The Bertz CT molecular complexity index is 622. The van der Waals surface area contributed by atoms with Crippen molar-refractivity contribution >= 4 is 17.6 Å². The molecule has 3 rings (SSSR count). The first kappa shape index (κ1) is 11.9. The van der Waals surface area contributed by atoms with E-state index in [4.69, 9.17) is 10.9 Å². The van der Waals surface area contributed by atoms with Gasteiger partial charge in [0.2, 0.25) is 5.16 Å². The van der Waals surface area contributed by atoms with Gasteiger partial charge in [0, 0.05) is 11.8 Å². The zero-order chi connectivity index (χ0) is 13.2. The fourth-order valence-corrected chi connectivity index (χ4v) is 2.42. The quantitative estimate of drug-likeness (QED) is 0.365. The highest BCUT2D eigenvalue weighted by atomic mass is 32.2. The number of nitrogens with zero attached hydrogens (tertiary/aromatic N) is 6. The molecule has 8 nitrogen and oxygen atoms in total. The second kappa shape index (κ2) is 4.84. The maximum atomic E-state index is 8.66. The maximum Gasteiger partial charge on any atom is 0.215 e. The molecule has 1 aliphatic carbocycles. The second-order valence-electron chi connectivity index (χ2n) is 4.11. The van der Waals surface area contributed by atoms with E-state index in [2.05, 4.69) is 25.7 Å². The third-order valence-corrected chi connectivity index (χ3v) is 3.57. The molecule has 0 amide bonds. The van der Waals surface area contributed by atoms with Crippen molar-refractivity contribution in [1.29, 1.82) is 0 Å². The van der Waals surface area contributed by atoms with Gasteiger partial charge in [-0.3, -0.25) is 0 Å². The van der Waals surface area contributed by atoms with Crippen LogP contribution in [0, 0.1) is 0 Å². The Balaban J connectivity index is 1.84. The molecular weight excluding hydrogens is 266 g/mol. The molecule has 0 aliphatic heterocycles. The van der Waals surface area contributed by atoms with Crippen LogP contribution in [-0.4, -0.2) is 36.2 Å². The van der Waals surface area contributed by atoms with Crippen molar-refractivity contribution < 1.29 is 5.21 Å². The summed E-state index contributed by atoms with van der Waals surface area (Å²) in [7, 11) is 0. The van der Waals surface area contributed by atoms with Gasteiger partial charge in [0.05, 0.1) is 6.04 Å². The summed E-state index contributed by atoms with van der Waals surface area (Å²) in [6.07, 6.45) is 3.81. The molecule has 0 saturated heterocycles. The zero-order valence-electron chi connectivity index (χ0n) is 9.84. The molecule has 2 aromatic heterocycles. The number of rotatable bonds is 4. The van der Waals surface area contributed by atoms with Gasteiger partial charge < -0.3 is 10.9 Å². The molecule has 1 fully saturated rings. The molecule has 0 spiro atoms. The van der Waals surface area contributed by atoms with Crippen LogP contribution in [-0.2, 0) is 0 Å². The zero-order valence-corrected chi connectivity index (χ0v) is 10.7. The van der Waals surface area contributed by atoms with E-state index in [9.17, 15) is 0 Å². The van der Waals surface area contributed by atoms with Crippen molar-refractivity contribution in [2.45, 2.75) is 29.1 Å². The van der Waals surface area contributed by atoms with Crippen molar-refractivity contribution in [3.8, 4) is 0 Å². The van der Waals surface area contributed by atoms with Crippen LogP contribution >= 0.6 is 11.8 Å². The van der Waals surface area contributed by atoms with E-state index in [1.54, 1.807) is 18.3 Å². The molecule has 2 aromatic rings. The normalized spacial score (nSPS) is 15.7. The standard InChI is InChI=1S/C10H11N7OS/c11-9(14-18)6-3-4-12-8(5-6)19-10-13-15-16-17(10)7-1-2-7/h3-5,7,18H,1-2H2,(H2,11,14). The van der Waals surface area contributed by atoms with Crippen LogP contribution in [0.3, 0.4) is 0 Å². The third-order valence-electron chi connectivity index (χ3n) is 2.69. The lowest BCUT2D eigenvalue weighted by Crippen LogP contribution is -2.13. The Morgan fingerprint density at radius 1 is 1.53 bits per heavy atom. The molecule has 98 valence electrons. The van der Waals surface area contributed by atoms with Crippen LogP contribution < -0.4 is 5.73 Å². The first-order valence-corrected chi connectivity index (χ1v) is 6.49. The van der Waals surface area contributed by atoms with Gasteiger partial charge >= 0.3 is 0 Å². The molecule has 2 heterocycles. The van der Waals surface area contributed by atoms with Crippen LogP contribution in [0.1, 0.15) is 24.4 Å². The number of nitrogens with two attached hydrogens (primary N) is 1. The molecule has 0 unspecified atom stereocenters. The van der Waals surface area contributed by atoms with E-state index in [0.29, 0.717) is 21.8 Å². The van der Waals surface area contributed by atoms with E-state index in [1.165, 1.54) is 11.8 Å². The van der Waals surface area contributed by atoms with Gasteiger partial charge in [0.1, 0.15) is 5.03 Å². The Labute approximate surface area is 112 Å². The fraction of sp³-hybridized carbons (Fsp3) is 0.300. The summed E-state index contributed by atoms with van der Waals surface area (Å²) in [5.41, 5.74) is 6.14. The van der Waals surface area contributed by atoms with Crippen molar-refractivity contribution in [1.82, 2.24) is 25.2 Å². The van der Waals surface area contributed by atoms with Gasteiger partial charge in [0.25, 0.3) is 0 Å². The van der Waals surface area contributed by atoms with Crippen LogP contribution in [0.4, 0.5) is 0 Å². The Morgan fingerprint density at radius 3 is 3.11 bits per heavy atom. The van der Waals surface area contributed by atoms with Crippen molar-refractivity contribution in [2.75, 3.05) is 0 Å². The molecule has 0 atom stereocenters. The van der Waals surface area contributed by atoms with Gasteiger partial charge in [-0.15, -0.1) is 5.10 Å². The number of amidine groups is 1. The first-order valence-electron chi connectivity index (χ1n) is 5.67. The van der Waals surface area contributed by atoms with Crippen LogP contribution in [0.15, 0.2) is 33.7 Å². The SMILES string of the molecule is N/C(=N\O)c1ccnc(Sc2nnnn2C2CC2)c1. The lowest BCUT2D eigenvalue weighted by atomic mass is 10.2. The Hall–Kier alpha value is -2.16. The van der Waals surface area contributed by atoms with Crippen molar-refractivity contribution in [3.05, 3.63) is 23.9 Å². The van der Waals surface area contributed by atoms with Crippen LogP contribution in [0.5, 0.6) is 0 Å². The highest BCUT2D eigenvalue weighted by Crippen LogP contribution is 2.37. The average Bonchev–Trinajstić information content (AvgIpc) is 3.19. The molecule has 3 N–H and O–H groups in total. The van der Waals surface area contributed by atoms with E-state index in [0.717, 1.165) is 12.8 Å². The summed E-state index contributed by atoms with van der Waals surface area (Å²) in [6, 6.07) is 3.80. The maximum absolute atomic E-state index is 8.66. The highest BCUT2D eigenvalue weighted by molar-refractivity contribution is 7.99. The van der Waals surface area contributed by atoms with E-state index >= 15 is 0 Å². The number of tetrazole rings is 1. The summed E-state index contributed by atoms with van der Waals surface area (Å²) >= 11 is 1.35. The summed E-state index contributed by atoms with van der Waals surface area (Å²) in [4.78, 5) is 4.21. The fourth-order valence-electron chi connectivity index (χ4n) is 1.58. The average molecular weight is 277 g/mol. The van der Waals surface area contributed by atoms with Gasteiger partial charge in [-0.1, -0.05) is 5.16 Å². The molecular formula is C10H11N7OS. The predicted octanol–water partition coefficient (Wildman–Crippen LogP) is 0.649. The number of hydrogen-bond donors (Lipinski definition) is 2. The molecule has 1 aliphatic rings. The molecule has 1 saturated carbocycles. The summed E-state index contributed by atoms with van der Waals surface area (Å²) in [5.74, 6) is 0.0473. The van der Waals surface area contributed by atoms with Gasteiger partial charge in [-0.05, 0) is 47.2 Å². The van der Waals surface area contributed by atoms with Crippen LogP contribution in [0.25, 0.3) is 0 Å². The van der Waals surface area contributed by atoms with E-state index < -0.39 is 0 Å². The summed E-state index contributed by atoms with van der Waals surface area (Å²) < 4.78 is 1.81. The van der Waals surface area contributed by atoms with Crippen LogP contribution in [0.2, 0.25) is 0 Å². The van der Waals surface area contributed by atoms with Crippen molar-refractivity contribution in [3.63, 3.8) is 0 Å². The summed E-state index contributed by atoms with van der Waals surface area (Å²) in [6.45, 7) is 0. The minimum absolute atomic E-state index is 0.0473. The Morgan fingerprint density at radius 2 is 2.37 bits per heavy atom. The highest BCUT2D eigenvalue weighted by Gasteiger charge is 2.28. The lowest BCUT2D eigenvalue weighted by Gasteiger charge is -2.03. The van der Waals surface area contributed by atoms with Gasteiger partial charge in [-0.2, -0.15) is 0 Å². The third kappa shape index (κ3) is 2.50. The molecule has 19 heavy (non-hydrogen) atoms. The number of aromatic nitrogens is 5. The second-order valence-corrected chi connectivity index (χ2v) is 5.09. The smallest absolute Gasteiger partial charge is 0.215 e. The number of hydrogen-bond acceptors (Lipinski definition) is 7. The Kier molecular flexibility index (Phi) is 3.03. The van der Waals surface area contributed by atoms with E-state index in [1.807, 2.05) is 4.68 Å².